The molecule has 0 aromatic heterocycles. The number of carbonyl (C=O) groups is 1. The summed E-state index contributed by atoms with van der Waals surface area (Å²) in [4.78, 5) is 18.1. The molecule has 2 aromatic carbocycles. The van der Waals surface area contributed by atoms with Gasteiger partial charge in [-0.15, -0.1) is 24.0 Å². The number of nitrogens with one attached hydrogen (secondary N) is 2. The largest absolute Gasteiger partial charge is 0.454 e. The molecule has 1 amide bonds. The van der Waals surface area contributed by atoms with Crippen molar-refractivity contribution in [3.8, 4) is 11.5 Å². The minimum absolute atomic E-state index is 0. The fourth-order valence-corrected chi connectivity index (χ4v) is 3.85. The molecular formula is C24H31IN4O3. The molecule has 0 radical (unpaired) electrons. The summed E-state index contributed by atoms with van der Waals surface area (Å²) in [6, 6.07) is 14.2. The topological polar surface area (TPSA) is 75.2 Å². The van der Waals surface area contributed by atoms with Crippen molar-refractivity contribution in [1.82, 2.24) is 10.6 Å². The predicted octanol–water partition coefficient (Wildman–Crippen LogP) is 3.80. The zero-order chi connectivity index (χ0) is 21.8. The van der Waals surface area contributed by atoms with E-state index >= 15 is 0 Å². The molecule has 0 aliphatic carbocycles. The van der Waals surface area contributed by atoms with Crippen LogP contribution in [0.1, 0.15) is 37.8 Å². The van der Waals surface area contributed by atoms with Gasteiger partial charge in [0.15, 0.2) is 17.5 Å². The Balaban J connectivity index is 0.00000289. The number of carbonyl (C=O) groups excluding carboxylic acids is 1. The van der Waals surface area contributed by atoms with Crippen LogP contribution in [0.2, 0.25) is 0 Å². The van der Waals surface area contributed by atoms with E-state index in [1.807, 2.05) is 29.2 Å². The van der Waals surface area contributed by atoms with Gasteiger partial charge in [0.05, 0.1) is 0 Å². The minimum Gasteiger partial charge on any atom is -0.454 e. The summed E-state index contributed by atoms with van der Waals surface area (Å²) in [5, 5.41) is 6.78. The number of fused-ring (bicyclic) bond motifs is 1. The Labute approximate surface area is 206 Å². The molecular weight excluding hydrogens is 519 g/mol. The van der Waals surface area contributed by atoms with Crippen LogP contribution in [0.4, 0.5) is 5.69 Å². The van der Waals surface area contributed by atoms with Crippen molar-refractivity contribution in [1.29, 1.82) is 0 Å². The van der Waals surface area contributed by atoms with E-state index in [2.05, 4.69) is 47.7 Å². The van der Waals surface area contributed by atoms with Crippen LogP contribution >= 0.6 is 24.0 Å². The molecule has 1 saturated heterocycles. The summed E-state index contributed by atoms with van der Waals surface area (Å²) in [5.41, 5.74) is 3.15. The molecule has 4 rings (SSSR count). The zero-order valence-corrected chi connectivity index (χ0v) is 21.1. The fourth-order valence-electron chi connectivity index (χ4n) is 3.85. The number of benzene rings is 2. The number of hydrogen-bond donors (Lipinski definition) is 2. The Kier molecular flexibility index (Phi) is 7.86. The van der Waals surface area contributed by atoms with Crippen molar-refractivity contribution in [2.45, 2.75) is 38.6 Å². The van der Waals surface area contributed by atoms with Crippen molar-refractivity contribution in [2.24, 2.45) is 4.99 Å². The highest BCUT2D eigenvalue weighted by molar-refractivity contribution is 14.0. The van der Waals surface area contributed by atoms with Crippen LogP contribution < -0.4 is 25.0 Å². The summed E-state index contributed by atoms with van der Waals surface area (Å²) in [6.45, 7) is 6.82. The van der Waals surface area contributed by atoms with Crippen molar-refractivity contribution < 1.29 is 14.3 Å². The van der Waals surface area contributed by atoms with E-state index < -0.39 is 0 Å². The molecule has 1 fully saturated rings. The highest BCUT2D eigenvalue weighted by Gasteiger charge is 2.24. The molecule has 0 atom stereocenters. The molecule has 172 valence electrons. The number of nitrogens with zero attached hydrogens (tertiary/aromatic N) is 2. The van der Waals surface area contributed by atoms with E-state index in [-0.39, 0.29) is 42.1 Å². The van der Waals surface area contributed by atoms with Crippen LogP contribution in [-0.2, 0) is 16.8 Å². The molecule has 0 spiro atoms. The number of amides is 1. The summed E-state index contributed by atoms with van der Waals surface area (Å²) >= 11 is 0. The van der Waals surface area contributed by atoms with Gasteiger partial charge in [-0.2, -0.15) is 0 Å². The highest BCUT2D eigenvalue weighted by Crippen LogP contribution is 2.36. The van der Waals surface area contributed by atoms with Gasteiger partial charge >= 0.3 is 0 Å². The Hall–Kier alpha value is -2.49. The van der Waals surface area contributed by atoms with E-state index in [1.165, 1.54) is 5.56 Å². The standard InChI is InChI=1S/C24H30N4O3.HI/c1-24(2,18-8-11-20-21(13-18)31-16-30-20)15-27-23(25-3)26-14-17-6-9-19(10-7-17)28-12-4-5-22(28)29;/h6-11,13H,4-5,12,14-16H2,1-3H3,(H2,25,26,27);1H. The van der Waals surface area contributed by atoms with Crippen molar-refractivity contribution in [3.05, 3.63) is 53.6 Å². The van der Waals surface area contributed by atoms with Gasteiger partial charge in [0, 0.05) is 44.2 Å². The summed E-state index contributed by atoms with van der Waals surface area (Å²) < 4.78 is 10.9. The van der Waals surface area contributed by atoms with Crippen molar-refractivity contribution in [2.75, 3.05) is 31.8 Å². The molecule has 7 nitrogen and oxygen atoms in total. The molecule has 0 bridgehead atoms. The van der Waals surface area contributed by atoms with Crippen LogP contribution in [-0.4, -0.2) is 38.8 Å². The maximum absolute atomic E-state index is 11.9. The van der Waals surface area contributed by atoms with Gasteiger partial charge in [0.2, 0.25) is 12.7 Å². The monoisotopic (exact) mass is 550 g/mol. The van der Waals surface area contributed by atoms with Gasteiger partial charge in [0.25, 0.3) is 0 Å². The normalized spacial score (nSPS) is 15.5. The van der Waals surface area contributed by atoms with Crippen molar-refractivity contribution in [3.63, 3.8) is 0 Å². The number of rotatable bonds is 6. The van der Waals surface area contributed by atoms with Gasteiger partial charge in [-0.3, -0.25) is 9.79 Å². The molecule has 2 aliphatic heterocycles. The Bertz CT molecular complexity index is 976. The Morgan fingerprint density at radius 2 is 1.84 bits per heavy atom. The first kappa shape index (κ1) is 24.2. The van der Waals surface area contributed by atoms with Crippen LogP contribution in [0.15, 0.2) is 47.5 Å². The summed E-state index contributed by atoms with van der Waals surface area (Å²) in [7, 11) is 1.77. The number of aliphatic imine (C=N–C) groups is 1. The molecule has 0 unspecified atom stereocenters. The lowest BCUT2D eigenvalue weighted by molar-refractivity contribution is -0.117. The molecule has 32 heavy (non-hydrogen) atoms. The second-order valence-electron chi connectivity index (χ2n) is 8.55. The van der Waals surface area contributed by atoms with Gasteiger partial charge in [0.1, 0.15) is 0 Å². The Morgan fingerprint density at radius 1 is 1.09 bits per heavy atom. The molecule has 2 heterocycles. The predicted molar refractivity (Wildman–Crippen MR) is 137 cm³/mol. The van der Waals surface area contributed by atoms with E-state index in [4.69, 9.17) is 9.47 Å². The third kappa shape index (κ3) is 5.46. The molecule has 2 aromatic rings. The molecule has 8 heteroatoms. The number of guanidine groups is 1. The fraction of sp³-hybridized carbons (Fsp3) is 0.417. The first-order valence-electron chi connectivity index (χ1n) is 10.7. The van der Waals surface area contributed by atoms with Crippen LogP contribution in [0, 0.1) is 0 Å². The number of hydrogen-bond acceptors (Lipinski definition) is 4. The number of ether oxygens (including phenoxy) is 2. The number of halogens is 1. The zero-order valence-electron chi connectivity index (χ0n) is 18.8. The van der Waals surface area contributed by atoms with E-state index in [0.29, 0.717) is 19.5 Å². The van der Waals surface area contributed by atoms with Gasteiger partial charge < -0.3 is 25.0 Å². The maximum atomic E-state index is 11.9. The van der Waals surface area contributed by atoms with Crippen LogP contribution in [0.25, 0.3) is 0 Å². The van der Waals surface area contributed by atoms with Gasteiger partial charge in [-0.1, -0.05) is 32.0 Å². The second-order valence-corrected chi connectivity index (χ2v) is 8.55. The third-order valence-electron chi connectivity index (χ3n) is 5.86. The smallest absolute Gasteiger partial charge is 0.231 e. The lowest BCUT2D eigenvalue weighted by atomic mass is 9.84. The average Bonchev–Trinajstić information content (AvgIpc) is 3.42. The SMILES string of the molecule is CN=C(NCc1ccc(N2CCCC2=O)cc1)NCC(C)(C)c1ccc2c(c1)OCO2.I. The van der Waals surface area contributed by atoms with Crippen LogP contribution in [0.5, 0.6) is 11.5 Å². The average molecular weight is 550 g/mol. The third-order valence-corrected chi connectivity index (χ3v) is 5.86. The quantitative estimate of drug-likeness (QED) is 0.325. The molecule has 0 saturated carbocycles. The highest BCUT2D eigenvalue weighted by atomic mass is 127. The second kappa shape index (κ2) is 10.4. The lowest BCUT2D eigenvalue weighted by Gasteiger charge is -2.27. The van der Waals surface area contributed by atoms with Crippen molar-refractivity contribution >= 4 is 41.5 Å². The first-order valence-corrected chi connectivity index (χ1v) is 10.7. The van der Waals surface area contributed by atoms with Gasteiger partial charge in [-0.05, 0) is 41.8 Å². The molecule has 2 N–H and O–H groups in total. The number of anilines is 1. The molecule has 2 aliphatic rings. The van der Waals surface area contributed by atoms with Crippen LogP contribution in [0.3, 0.4) is 0 Å². The first-order chi connectivity index (χ1) is 15.0. The minimum atomic E-state index is -0.123. The summed E-state index contributed by atoms with van der Waals surface area (Å²) in [5.74, 6) is 2.55. The summed E-state index contributed by atoms with van der Waals surface area (Å²) in [6.07, 6.45) is 1.58. The lowest BCUT2D eigenvalue weighted by Crippen LogP contribution is -2.43. The van der Waals surface area contributed by atoms with E-state index in [0.717, 1.165) is 41.7 Å². The van der Waals surface area contributed by atoms with E-state index in [9.17, 15) is 4.79 Å². The maximum Gasteiger partial charge on any atom is 0.231 e. The van der Waals surface area contributed by atoms with Gasteiger partial charge in [-0.25, -0.2) is 0 Å². The van der Waals surface area contributed by atoms with E-state index in [1.54, 1.807) is 7.05 Å². The Morgan fingerprint density at radius 3 is 2.53 bits per heavy atom.